The molecule has 1 heterocycles. The quantitative estimate of drug-likeness (QED) is 0.501. The lowest BCUT2D eigenvalue weighted by molar-refractivity contribution is -0.117. The van der Waals surface area contributed by atoms with E-state index in [9.17, 15) is 4.79 Å². The van der Waals surface area contributed by atoms with Crippen molar-refractivity contribution in [1.29, 1.82) is 0 Å². The van der Waals surface area contributed by atoms with Crippen LogP contribution in [0.3, 0.4) is 0 Å². The summed E-state index contributed by atoms with van der Waals surface area (Å²) in [7, 11) is 3.15. The zero-order chi connectivity index (χ0) is 20.8. The molecule has 6 nitrogen and oxygen atoms in total. The predicted molar refractivity (Wildman–Crippen MR) is 115 cm³/mol. The topological polar surface area (TPSA) is 62.1 Å². The van der Waals surface area contributed by atoms with Gasteiger partial charge in [-0.15, -0.1) is 0 Å². The summed E-state index contributed by atoms with van der Waals surface area (Å²) in [6, 6.07) is 11.0. The van der Waals surface area contributed by atoms with Gasteiger partial charge in [0.15, 0.2) is 4.80 Å². The molecule has 0 fully saturated rings. The van der Waals surface area contributed by atoms with Crippen LogP contribution in [0.15, 0.2) is 41.4 Å². The Bertz CT molecular complexity index is 1070. The van der Waals surface area contributed by atoms with E-state index in [0.717, 1.165) is 15.8 Å². The Hall–Kier alpha value is -2.35. The van der Waals surface area contributed by atoms with E-state index in [1.165, 1.54) is 11.3 Å². The summed E-state index contributed by atoms with van der Waals surface area (Å²) in [4.78, 5) is 17.7. The first kappa shape index (κ1) is 21.4. The van der Waals surface area contributed by atoms with E-state index in [2.05, 4.69) is 4.99 Å². The molecule has 0 atom stereocenters. The van der Waals surface area contributed by atoms with Crippen molar-refractivity contribution in [1.82, 2.24) is 4.57 Å². The molecule has 0 N–H and O–H groups in total. The Balaban J connectivity index is 1.94. The molecule has 0 spiro atoms. The zero-order valence-corrected chi connectivity index (χ0v) is 18.2. The lowest BCUT2D eigenvalue weighted by Gasteiger charge is -2.09. The molecular formula is C21H23ClN2O4S. The summed E-state index contributed by atoms with van der Waals surface area (Å²) >= 11 is 7.56. The van der Waals surface area contributed by atoms with Crippen LogP contribution in [0.5, 0.6) is 11.5 Å². The molecule has 3 aromatic rings. The Morgan fingerprint density at radius 1 is 1.17 bits per heavy atom. The van der Waals surface area contributed by atoms with Gasteiger partial charge in [-0.25, -0.2) is 0 Å². The van der Waals surface area contributed by atoms with Crippen LogP contribution in [0.25, 0.3) is 10.2 Å². The average molecular weight is 435 g/mol. The maximum atomic E-state index is 12.7. The third-order valence-corrected chi connectivity index (χ3v) is 5.64. The van der Waals surface area contributed by atoms with Crippen LogP contribution in [0.1, 0.15) is 12.5 Å². The van der Waals surface area contributed by atoms with E-state index in [0.29, 0.717) is 41.1 Å². The molecule has 1 amide bonds. The lowest BCUT2D eigenvalue weighted by Crippen LogP contribution is -2.20. The number of benzene rings is 2. The van der Waals surface area contributed by atoms with Crippen LogP contribution in [-0.4, -0.2) is 37.9 Å². The smallest absolute Gasteiger partial charge is 0.252 e. The highest BCUT2D eigenvalue weighted by Gasteiger charge is 2.12. The van der Waals surface area contributed by atoms with Gasteiger partial charge >= 0.3 is 0 Å². The van der Waals surface area contributed by atoms with Gasteiger partial charge in [-0.3, -0.25) is 4.79 Å². The van der Waals surface area contributed by atoms with Crippen molar-refractivity contribution >= 4 is 39.1 Å². The number of methoxy groups -OCH3 is 2. The van der Waals surface area contributed by atoms with Gasteiger partial charge in [0.25, 0.3) is 5.91 Å². The van der Waals surface area contributed by atoms with Gasteiger partial charge in [-0.05, 0) is 31.2 Å². The normalized spacial score (nSPS) is 11.8. The highest BCUT2D eigenvalue weighted by atomic mass is 35.5. The molecule has 0 bridgehead atoms. The molecule has 0 radical (unpaired) electrons. The Kier molecular flexibility index (Phi) is 7.30. The van der Waals surface area contributed by atoms with Gasteiger partial charge in [0.05, 0.1) is 37.5 Å². The van der Waals surface area contributed by atoms with E-state index < -0.39 is 0 Å². The number of amides is 1. The van der Waals surface area contributed by atoms with Crippen molar-refractivity contribution in [3.8, 4) is 11.5 Å². The lowest BCUT2D eigenvalue weighted by atomic mass is 10.1. The standard InChI is InChI=1S/C21H23ClN2O4S/c1-4-28-10-9-24-17-8-6-15(22)12-19(17)29-21(24)23-20(25)11-14-5-7-16(26-2)13-18(14)27-3/h5-8,12-13H,4,9-11H2,1-3H3. The number of hydrogen-bond donors (Lipinski definition) is 0. The first-order valence-electron chi connectivity index (χ1n) is 9.20. The van der Waals surface area contributed by atoms with Gasteiger partial charge in [-0.2, -0.15) is 4.99 Å². The molecule has 3 rings (SSSR count). The van der Waals surface area contributed by atoms with E-state index in [1.807, 2.05) is 35.8 Å². The first-order valence-corrected chi connectivity index (χ1v) is 10.4. The number of ether oxygens (including phenoxy) is 3. The highest BCUT2D eigenvalue weighted by molar-refractivity contribution is 7.16. The van der Waals surface area contributed by atoms with Gasteiger partial charge in [0.1, 0.15) is 11.5 Å². The SMILES string of the molecule is CCOCCn1c(=NC(=O)Cc2ccc(OC)cc2OC)sc2cc(Cl)ccc21. The second kappa shape index (κ2) is 9.91. The Morgan fingerprint density at radius 2 is 2.00 bits per heavy atom. The third kappa shape index (κ3) is 5.18. The molecule has 154 valence electrons. The fourth-order valence-corrected chi connectivity index (χ4v) is 4.31. The Morgan fingerprint density at radius 3 is 2.72 bits per heavy atom. The summed E-state index contributed by atoms with van der Waals surface area (Å²) < 4.78 is 19.0. The summed E-state index contributed by atoms with van der Waals surface area (Å²) in [5, 5.41) is 0.650. The second-order valence-electron chi connectivity index (χ2n) is 6.21. The largest absolute Gasteiger partial charge is 0.497 e. The molecule has 0 saturated heterocycles. The fraction of sp³-hybridized carbons (Fsp3) is 0.333. The van der Waals surface area contributed by atoms with E-state index in [-0.39, 0.29) is 12.3 Å². The fourth-order valence-electron chi connectivity index (χ4n) is 2.96. The number of rotatable bonds is 8. The molecule has 0 aliphatic carbocycles. The molecule has 2 aromatic carbocycles. The van der Waals surface area contributed by atoms with E-state index in [1.54, 1.807) is 26.4 Å². The molecular weight excluding hydrogens is 412 g/mol. The summed E-state index contributed by atoms with van der Waals surface area (Å²) in [6.07, 6.45) is 0.133. The van der Waals surface area contributed by atoms with Crippen LogP contribution in [0.4, 0.5) is 0 Å². The monoisotopic (exact) mass is 434 g/mol. The Labute approximate surface area is 178 Å². The predicted octanol–water partition coefficient (Wildman–Crippen LogP) is 4.08. The summed E-state index contributed by atoms with van der Waals surface area (Å²) in [5.41, 5.74) is 1.74. The maximum absolute atomic E-state index is 12.7. The minimum Gasteiger partial charge on any atom is -0.497 e. The van der Waals surface area contributed by atoms with Crippen LogP contribution in [0, 0.1) is 0 Å². The van der Waals surface area contributed by atoms with Crippen molar-refractivity contribution in [2.45, 2.75) is 19.9 Å². The van der Waals surface area contributed by atoms with Crippen LogP contribution >= 0.6 is 22.9 Å². The summed E-state index contributed by atoms with van der Waals surface area (Å²) in [6.45, 7) is 3.73. The number of hydrogen-bond acceptors (Lipinski definition) is 5. The number of halogens is 1. The molecule has 0 aliphatic heterocycles. The number of thiazole rings is 1. The second-order valence-corrected chi connectivity index (χ2v) is 7.65. The van der Waals surface area contributed by atoms with Crippen LogP contribution in [-0.2, 0) is 22.5 Å². The molecule has 1 aromatic heterocycles. The third-order valence-electron chi connectivity index (χ3n) is 4.36. The van der Waals surface area contributed by atoms with Crippen molar-refractivity contribution in [3.63, 3.8) is 0 Å². The minimum absolute atomic E-state index is 0.133. The van der Waals surface area contributed by atoms with Crippen LogP contribution in [0.2, 0.25) is 5.02 Å². The number of carbonyl (C=O) groups is 1. The molecule has 0 unspecified atom stereocenters. The summed E-state index contributed by atoms with van der Waals surface area (Å²) in [5.74, 6) is 1.02. The average Bonchev–Trinajstić information content (AvgIpc) is 3.04. The van der Waals surface area contributed by atoms with Gasteiger partial charge in [0, 0.05) is 29.8 Å². The van der Waals surface area contributed by atoms with Crippen molar-refractivity contribution in [2.75, 3.05) is 27.4 Å². The number of fused-ring (bicyclic) bond motifs is 1. The maximum Gasteiger partial charge on any atom is 0.252 e. The molecule has 0 aliphatic rings. The molecule has 0 saturated carbocycles. The van der Waals surface area contributed by atoms with Gasteiger partial charge < -0.3 is 18.8 Å². The number of carbonyl (C=O) groups excluding carboxylic acids is 1. The number of nitrogens with zero attached hydrogens (tertiary/aromatic N) is 2. The first-order chi connectivity index (χ1) is 14.0. The molecule has 29 heavy (non-hydrogen) atoms. The molecule has 8 heteroatoms. The van der Waals surface area contributed by atoms with Crippen LogP contribution < -0.4 is 14.3 Å². The van der Waals surface area contributed by atoms with Crippen molar-refractivity contribution < 1.29 is 19.0 Å². The minimum atomic E-state index is -0.253. The van der Waals surface area contributed by atoms with E-state index in [4.69, 9.17) is 25.8 Å². The van der Waals surface area contributed by atoms with Crippen molar-refractivity contribution in [3.05, 3.63) is 51.8 Å². The van der Waals surface area contributed by atoms with Gasteiger partial charge in [0.2, 0.25) is 0 Å². The van der Waals surface area contributed by atoms with E-state index >= 15 is 0 Å². The number of aromatic nitrogens is 1. The zero-order valence-electron chi connectivity index (χ0n) is 16.6. The van der Waals surface area contributed by atoms with Crippen molar-refractivity contribution in [2.24, 2.45) is 4.99 Å². The highest BCUT2D eigenvalue weighted by Crippen LogP contribution is 2.25. The van der Waals surface area contributed by atoms with Gasteiger partial charge in [-0.1, -0.05) is 29.0 Å².